The van der Waals surface area contributed by atoms with E-state index in [0.29, 0.717) is 11.5 Å². The van der Waals surface area contributed by atoms with Crippen LogP contribution in [0.15, 0.2) is 0 Å². The van der Waals surface area contributed by atoms with E-state index in [0.717, 1.165) is 12.0 Å². The van der Waals surface area contributed by atoms with E-state index in [1.807, 2.05) is 0 Å². The SMILES string of the molecule is CCCC(C)CN1CC(C(C)(C)C)NCCC1C. The van der Waals surface area contributed by atoms with Crippen LogP contribution >= 0.6 is 0 Å². The molecule has 1 saturated heterocycles. The summed E-state index contributed by atoms with van der Waals surface area (Å²) in [6.45, 7) is 17.8. The minimum Gasteiger partial charge on any atom is -0.312 e. The van der Waals surface area contributed by atoms with Gasteiger partial charge in [-0.05, 0) is 37.6 Å². The van der Waals surface area contributed by atoms with Gasteiger partial charge in [-0.15, -0.1) is 0 Å². The second-order valence-electron chi connectivity index (χ2n) is 7.36. The van der Waals surface area contributed by atoms with Gasteiger partial charge in [-0.2, -0.15) is 0 Å². The van der Waals surface area contributed by atoms with Crippen LogP contribution in [0.25, 0.3) is 0 Å². The summed E-state index contributed by atoms with van der Waals surface area (Å²) in [5, 5.41) is 3.75. The van der Waals surface area contributed by atoms with Gasteiger partial charge in [-0.1, -0.05) is 41.0 Å². The lowest BCUT2D eigenvalue weighted by Crippen LogP contribution is -2.48. The summed E-state index contributed by atoms with van der Waals surface area (Å²) in [5.41, 5.74) is 0.357. The van der Waals surface area contributed by atoms with Crippen LogP contribution in [0.1, 0.15) is 60.8 Å². The summed E-state index contributed by atoms with van der Waals surface area (Å²) >= 11 is 0. The van der Waals surface area contributed by atoms with E-state index in [1.54, 1.807) is 0 Å². The molecule has 3 atom stereocenters. The summed E-state index contributed by atoms with van der Waals surface area (Å²) in [6.07, 6.45) is 3.95. The largest absolute Gasteiger partial charge is 0.312 e. The Hall–Kier alpha value is -0.0800. The van der Waals surface area contributed by atoms with Crippen molar-refractivity contribution >= 4 is 0 Å². The first-order valence-electron chi connectivity index (χ1n) is 7.82. The fourth-order valence-electron chi connectivity index (χ4n) is 2.95. The van der Waals surface area contributed by atoms with Gasteiger partial charge in [0.1, 0.15) is 0 Å². The Bertz CT molecular complexity index is 232. The van der Waals surface area contributed by atoms with Crippen LogP contribution in [0, 0.1) is 11.3 Å². The number of nitrogens with one attached hydrogen (secondary N) is 1. The third kappa shape index (κ3) is 4.89. The van der Waals surface area contributed by atoms with Crippen molar-refractivity contribution in [2.45, 2.75) is 72.9 Å². The summed E-state index contributed by atoms with van der Waals surface area (Å²) in [7, 11) is 0. The summed E-state index contributed by atoms with van der Waals surface area (Å²) < 4.78 is 0. The maximum atomic E-state index is 3.75. The first kappa shape index (κ1) is 16.0. The smallest absolute Gasteiger partial charge is 0.0243 e. The van der Waals surface area contributed by atoms with Crippen LogP contribution < -0.4 is 5.32 Å². The lowest BCUT2D eigenvalue weighted by Gasteiger charge is -2.36. The van der Waals surface area contributed by atoms with Gasteiger partial charge in [0.05, 0.1) is 0 Å². The summed E-state index contributed by atoms with van der Waals surface area (Å²) in [5.74, 6) is 0.830. The molecule has 3 unspecified atom stereocenters. The zero-order valence-corrected chi connectivity index (χ0v) is 13.4. The van der Waals surface area contributed by atoms with Gasteiger partial charge in [-0.3, -0.25) is 4.90 Å². The molecule has 0 aromatic heterocycles. The predicted molar refractivity (Wildman–Crippen MR) is 81.0 cm³/mol. The molecule has 1 heterocycles. The van der Waals surface area contributed by atoms with Gasteiger partial charge in [-0.25, -0.2) is 0 Å². The Labute approximate surface area is 115 Å². The zero-order valence-electron chi connectivity index (χ0n) is 13.4. The monoisotopic (exact) mass is 254 g/mol. The Kier molecular flexibility index (Phi) is 6.13. The van der Waals surface area contributed by atoms with Gasteiger partial charge >= 0.3 is 0 Å². The highest BCUT2D eigenvalue weighted by Gasteiger charge is 2.30. The van der Waals surface area contributed by atoms with Gasteiger partial charge in [0, 0.05) is 25.2 Å². The van der Waals surface area contributed by atoms with Gasteiger partial charge in [0.2, 0.25) is 0 Å². The average Bonchev–Trinajstić information content (AvgIpc) is 2.41. The van der Waals surface area contributed by atoms with Crippen molar-refractivity contribution in [3.8, 4) is 0 Å². The Morgan fingerprint density at radius 2 is 2.00 bits per heavy atom. The predicted octanol–water partition coefficient (Wildman–Crippen LogP) is 3.52. The molecule has 1 fully saturated rings. The number of rotatable bonds is 4. The minimum absolute atomic E-state index is 0.357. The van der Waals surface area contributed by atoms with E-state index in [1.165, 1.54) is 38.9 Å². The normalized spacial score (nSPS) is 29.0. The van der Waals surface area contributed by atoms with Gasteiger partial charge < -0.3 is 5.32 Å². The Balaban J connectivity index is 2.62. The van der Waals surface area contributed by atoms with Crippen LogP contribution in [-0.2, 0) is 0 Å². The maximum absolute atomic E-state index is 3.75. The van der Waals surface area contributed by atoms with Crippen molar-refractivity contribution in [3.63, 3.8) is 0 Å². The molecule has 0 aliphatic carbocycles. The highest BCUT2D eigenvalue weighted by Crippen LogP contribution is 2.24. The first-order chi connectivity index (χ1) is 8.34. The molecule has 0 radical (unpaired) electrons. The Morgan fingerprint density at radius 3 is 2.56 bits per heavy atom. The van der Waals surface area contributed by atoms with Crippen molar-refractivity contribution in [1.82, 2.24) is 10.2 Å². The number of nitrogens with zero attached hydrogens (tertiary/aromatic N) is 1. The third-order valence-corrected chi connectivity index (χ3v) is 4.37. The van der Waals surface area contributed by atoms with E-state index in [2.05, 4.69) is 51.8 Å². The standard InChI is InChI=1S/C16H34N2/c1-7-8-13(2)11-18-12-15(16(4,5)6)17-10-9-14(18)3/h13-15,17H,7-12H2,1-6H3. The van der Waals surface area contributed by atoms with Crippen molar-refractivity contribution in [1.29, 1.82) is 0 Å². The molecule has 0 spiro atoms. The van der Waals surface area contributed by atoms with Crippen LogP contribution in [0.4, 0.5) is 0 Å². The second kappa shape index (κ2) is 6.91. The molecular weight excluding hydrogens is 220 g/mol. The van der Waals surface area contributed by atoms with Crippen molar-refractivity contribution in [3.05, 3.63) is 0 Å². The van der Waals surface area contributed by atoms with E-state index in [4.69, 9.17) is 0 Å². The molecule has 0 saturated carbocycles. The number of hydrogen-bond acceptors (Lipinski definition) is 2. The highest BCUT2D eigenvalue weighted by atomic mass is 15.2. The first-order valence-corrected chi connectivity index (χ1v) is 7.82. The highest BCUT2D eigenvalue weighted by molar-refractivity contribution is 4.88. The Morgan fingerprint density at radius 1 is 1.33 bits per heavy atom. The van der Waals surface area contributed by atoms with Crippen LogP contribution in [0.3, 0.4) is 0 Å². The molecule has 1 N–H and O–H groups in total. The molecule has 18 heavy (non-hydrogen) atoms. The van der Waals surface area contributed by atoms with E-state index < -0.39 is 0 Å². The van der Waals surface area contributed by atoms with Gasteiger partial charge in [0.15, 0.2) is 0 Å². The fraction of sp³-hybridized carbons (Fsp3) is 1.00. The van der Waals surface area contributed by atoms with Crippen molar-refractivity contribution in [2.75, 3.05) is 19.6 Å². The van der Waals surface area contributed by atoms with Gasteiger partial charge in [0.25, 0.3) is 0 Å². The zero-order chi connectivity index (χ0) is 13.8. The molecule has 0 bridgehead atoms. The van der Waals surface area contributed by atoms with Crippen LogP contribution in [-0.4, -0.2) is 36.6 Å². The number of hydrogen-bond donors (Lipinski definition) is 1. The average molecular weight is 254 g/mol. The topological polar surface area (TPSA) is 15.3 Å². The fourth-order valence-corrected chi connectivity index (χ4v) is 2.95. The molecule has 1 aliphatic rings. The van der Waals surface area contributed by atoms with E-state index >= 15 is 0 Å². The summed E-state index contributed by atoms with van der Waals surface area (Å²) in [6, 6.07) is 1.35. The van der Waals surface area contributed by atoms with Crippen molar-refractivity contribution in [2.24, 2.45) is 11.3 Å². The van der Waals surface area contributed by atoms with Crippen LogP contribution in [0.2, 0.25) is 0 Å². The molecule has 0 aromatic carbocycles. The molecule has 0 aromatic rings. The lowest BCUT2D eigenvalue weighted by molar-refractivity contribution is 0.144. The maximum Gasteiger partial charge on any atom is 0.0243 e. The third-order valence-electron chi connectivity index (χ3n) is 4.37. The van der Waals surface area contributed by atoms with Crippen molar-refractivity contribution < 1.29 is 0 Å². The molecule has 2 nitrogen and oxygen atoms in total. The molecule has 0 amide bonds. The quantitative estimate of drug-likeness (QED) is 0.826. The van der Waals surface area contributed by atoms with E-state index in [9.17, 15) is 0 Å². The minimum atomic E-state index is 0.357. The lowest BCUT2D eigenvalue weighted by atomic mass is 9.86. The van der Waals surface area contributed by atoms with E-state index in [-0.39, 0.29) is 0 Å². The molecule has 1 aliphatic heterocycles. The second-order valence-corrected chi connectivity index (χ2v) is 7.36. The molecule has 2 heteroatoms. The molecule has 108 valence electrons. The van der Waals surface area contributed by atoms with Crippen LogP contribution in [0.5, 0.6) is 0 Å². The molecular formula is C16H34N2. The molecule has 1 rings (SSSR count). The summed E-state index contributed by atoms with van der Waals surface area (Å²) in [4.78, 5) is 2.72.